The van der Waals surface area contributed by atoms with Crippen LogP contribution in [-0.2, 0) is 4.79 Å². The van der Waals surface area contributed by atoms with Crippen molar-refractivity contribution in [1.29, 1.82) is 0 Å². The highest BCUT2D eigenvalue weighted by Gasteiger charge is 2.41. The highest BCUT2D eigenvalue weighted by atomic mass is 35.5. The van der Waals surface area contributed by atoms with Crippen molar-refractivity contribution in [2.24, 2.45) is 4.99 Å². The van der Waals surface area contributed by atoms with Gasteiger partial charge in [-0.15, -0.1) is 0 Å². The molecule has 0 radical (unpaired) electrons. The number of benzene rings is 1. The number of carbonyl (C=O) groups excluding carboxylic acids is 2. The fourth-order valence-corrected chi connectivity index (χ4v) is 4.56. The molecule has 1 aromatic carbocycles. The van der Waals surface area contributed by atoms with E-state index in [2.05, 4.69) is 10.1 Å². The number of hydrogen-bond acceptors (Lipinski definition) is 4. The minimum absolute atomic E-state index is 0.0208. The molecule has 8 nitrogen and oxygen atoms in total. The molecule has 0 N–H and O–H groups in total. The number of rotatable bonds is 5. The zero-order valence-corrected chi connectivity index (χ0v) is 19.0. The number of anilines is 1. The Morgan fingerprint density at radius 2 is 1.90 bits per heavy atom. The highest BCUT2D eigenvalue weighted by Crippen LogP contribution is 2.34. The van der Waals surface area contributed by atoms with Gasteiger partial charge in [0.15, 0.2) is 5.82 Å². The van der Waals surface area contributed by atoms with Crippen LogP contribution in [-0.4, -0.2) is 69.1 Å². The second-order valence-corrected chi connectivity index (χ2v) is 8.72. The summed E-state index contributed by atoms with van der Waals surface area (Å²) in [7, 11) is 0. The molecule has 2 aromatic rings. The van der Waals surface area contributed by atoms with Crippen LogP contribution in [0.25, 0.3) is 5.69 Å². The second-order valence-electron chi connectivity index (χ2n) is 8.31. The number of aromatic nitrogens is 2. The van der Waals surface area contributed by atoms with E-state index in [1.807, 2.05) is 45.9 Å². The van der Waals surface area contributed by atoms with E-state index in [1.54, 1.807) is 26.7 Å². The number of para-hydroxylation sites is 1. The molecule has 0 saturated heterocycles. The monoisotopic (exact) mass is 442 g/mol. The Kier molecular flexibility index (Phi) is 5.75. The maximum atomic E-state index is 13.5. The minimum Gasteiger partial charge on any atom is -0.336 e. The number of nitrogens with zero attached hydrogens (tertiary/aromatic N) is 6. The minimum atomic E-state index is -0.263. The van der Waals surface area contributed by atoms with Gasteiger partial charge < -0.3 is 4.90 Å². The van der Waals surface area contributed by atoms with E-state index < -0.39 is 0 Å². The Morgan fingerprint density at radius 3 is 2.58 bits per heavy atom. The SMILES string of the molecule is CC(C)N(C(=O)CN1C(=O)N2CCCN=C2c2cnn(-c3ccccc3Cl)c21)C(C)C. The van der Waals surface area contributed by atoms with Crippen molar-refractivity contribution in [2.45, 2.75) is 46.2 Å². The summed E-state index contributed by atoms with van der Waals surface area (Å²) in [6.07, 6.45) is 2.48. The summed E-state index contributed by atoms with van der Waals surface area (Å²) in [5, 5.41) is 5.04. The first-order chi connectivity index (χ1) is 14.8. The van der Waals surface area contributed by atoms with Gasteiger partial charge in [-0.2, -0.15) is 5.10 Å². The lowest BCUT2D eigenvalue weighted by atomic mass is 10.1. The molecular formula is C22H27ClN6O2. The van der Waals surface area contributed by atoms with E-state index >= 15 is 0 Å². The standard InChI is InChI=1S/C22H27ClN6O2/c1-14(2)28(15(3)4)19(30)13-27-21-16(20-24-10-7-11-26(20)22(27)31)12-25-29(21)18-9-6-5-8-17(18)23/h5-6,8-9,12,14-15H,7,10-11,13H2,1-4H3. The number of aliphatic imine (C=N–C) groups is 1. The fourth-order valence-electron chi connectivity index (χ4n) is 4.35. The lowest BCUT2D eigenvalue weighted by Crippen LogP contribution is -2.57. The summed E-state index contributed by atoms with van der Waals surface area (Å²) < 4.78 is 1.63. The zero-order chi connectivity index (χ0) is 22.3. The second kappa shape index (κ2) is 8.34. The van der Waals surface area contributed by atoms with Crippen LogP contribution >= 0.6 is 11.6 Å². The van der Waals surface area contributed by atoms with Gasteiger partial charge in [0.05, 0.1) is 22.5 Å². The molecule has 3 heterocycles. The van der Waals surface area contributed by atoms with Gasteiger partial charge in [0.1, 0.15) is 12.4 Å². The summed E-state index contributed by atoms with van der Waals surface area (Å²) in [4.78, 5) is 36.3. The first kappa shape index (κ1) is 21.4. The molecule has 0 saturated carbocycles. The van der Waals surface area contributed by atoms with Gasteiger partial charge in [-0.25, -0.2) is 9.48 Å². The van der Waals surface area contributed by atoms with Gasteiger partial charge in [-0.1, -0.05) is 23.7 Å². The van der Waals surface area contributed by atoms with Crippen molar-refractivity contribution in [2.75, 3.05) is 24.5 Å². The van der Waals surface area contributed by atoms with E-state index in [-0.39, 0.29) is 30.6 Å². The van der Waals surface area contributed by atoms with Crippen molar-refractivity contribution in [3.8, 4) is 5.69 Å². The Hall–Kier alpha value is -2.87. The molecule has 9 heteroatoms. The zero-order valence-electron chi connectivity index (χ0n) is 18.2. The van der Waals surface area contributed by atoms with Crippen molar-refractivity contribution in [3.63, 3.8) is 0 Å². The van der Waals surface area contributed by atoms with E-state index in [9.17, 15) is 9.59 Å². The lowest BCUT2D eigenvalue weighted by molar-refractivity contribution is -0.133. The molecule has 0 atom stereocenters. The third kappa shape index (κ3) is 3.69. The predicted octanol–water partition coefficient (Wildman–Crippen LogP) is 3.56. The van der Waals surface area contributed by atoms with Gasteiger partial charge in [-0.05, 0) is 46.2 Å². The highest BCUT2D eigenvalue weighted by molar-refractivity contribution is 6.32. The summed E-state index contributed by atoms with van der Waals surface area (Å²) in [5.41, 5.74) is 1.37. The van der Waals surface area contributed by atoms with Gasteiger partial charge in [0.25, 0.3) is 0 Å². The quantitative estimate of drug-likeness (QED) is 0.710. The Bertz CT molecular complexity index is 1040. The Balaban J connectivity index is 1.83. The van der Waals surface area contributed by atoms with Crippen LogP contribution in [0, 0.1) is 0 Å². The van der Waals surface area contributed by atoms with E-state index in [1.165, 1.54) is 4.90 Å². The third-order valence-electron chi connectivity index (χ3n) is 5.53. The van der Waals surface area contributed by atoms with Crippen molar-refractivity contribution in [3.05, 3.63) is 41.0 Å². The molecule has 0 bridgehead atoms. The van der Waals surface area contributed by atoms with Gasteiger partial charge in [-0.3, -0.25) is 19.6 Å². The molecular weight excluding hydrogens is 416 g/mol. The topological polar surface area (TPSA) is 74.0 Å². The molecule has 3 amide bonds. The number of amides is 3. The summed E-state index contributed by atoms with van der Waals surface area (Å²) in [6.45, 7) is 9.05. The smallest absolute Gasteiger partial charge is 0.331 e. The molecule has 164 valence electrons. The molecule has 1 aromatic heterocycles. The first-order valence-corrected chi connectivity index (χ1v) is 11.0. The average molecular weight is 443 g/mol. The molecule has 4 rings (SSSR count). The number of urea groups is 1. The van der Waals surface area contributed by atoms with Crippen molar-refractivity contribution < 1.29 is 9.59 Å². The summed E-state index contributed by atoms with van der Waals surface area (Å²) in [6, 6.07) is 7.09. The molecule has 0 fully saturated rings. The van der Waals surface area contributed by atoms with Crippen LogP contribution in [0.15, 0.2) is 35.5 Å². The van der Waals surface area contributed by atoms with Gasteiger partial charge in [0.2, 0.25) is 5.91 Å². The van der Waals surface area contributed by atoms with Gasteiger partial charge in [0, 0.05) is 25.2 Å². The van der Waals surface area contributed by atoms with Crippen LogP contribution in [0.3, 0.4) is 0 Å². The molecule has 0 spiro atoms. The van der Waals surface area contributed by atoms with E-state index in [4.69, 9.17) is 11.6 Å². The molecule has 2 aliphatic heterocycles. The maximum absolute atomic E-state index is 13.5. The van der Waals surface area contributed by atoms with Crippen molar-refractivity contribution in [1.82, 2.24) is 19.6 Å². The van der Waals surface area contributed by atoms with E-state index in [0.717, 1.165) is 12.0 Å². The first-order valence-electron chi connectivity index (χ1n) is 10.6. The van der Waals surface area contributed by atoms with Crippen LogP contribution in [0.1, 0.15) is 39.7 Å². The Labute approximate surface area is 187 Å². The number of carbonyl (C=O) groups is 2. The summed E-state index contributed by atoms with van der Waals surface area (Å²) >= 11 is 6.44. The molecule has 31 heavy (non-hydrogen) atoms. The molecule has 0 aliphatic carbocycles. The maximum Gasteiger partial charge on any atom is 0.331 e. The summed E-state index contributed by atoms with van der Waals surface area (Å²) in [5.74, 6) is 1.02. The number of amidine groups is 1. The third-order valence-corrected chi connectivity index (χ3v) is 5.85. The van der Waals surface area contributed by atoms with Crippen LogP contribution in [0.5, 0.6) is 0 Å². The van der Waals surface area contributed by atoms with E-state index in [0.29, 0.717) is 35.5 Å². The van der Waals surface area contributed by atoms with Crippen LogP contribution < -0.4 is 4.90 Å². The molecule has 0 unspecified atom stereocenters. The largest absolute Gasteiger partial charge is 0.336 e. The lowest BCUT2D eigenvalue weighted by Gasteiger charge is -2.39. The van der Waals surface area contributed by atoms with Crippen LogP contribution in [0.2, 0.25) is 5.02 Å². The molecule has 2 aliphatic rings. The fraction of sp³-hybridized carbons (Fsp3) is 0.455. The van der Waals surface area contributed by atoms with Gasteiger partial charge >= 0.3 is 6.03 Å². The number of hydrogen-bond donors (Lipinski definition) is 0. The number of halogens is 1. The normalized spacial score (nSPS) is 15.8. The Morgan fingerprint density at radius 1 is 1.19 bits per heavy atom. The van der Waals surface area contributed by atoms with Crippen molar-refractivity contribution >= 4 is 35.2 Å². The predicted molar refractivity (Wildman–Crippen MR) is 121 cm³/mol. The number of fused-ring (bicyclic) bond motifs is 3. The average Bonchev–Trinajstić information content (AvgIpc) is 3.16. The van der Waals surface area contributed by atoms with Crippen LogP contribution in [0.4, 0.5) is 10.6 Å².